The van der Waals surface area contributed by atoms with Crippen molar-refractivity contribution in [1.82, 2.24) is 0 Å². The summed E-state index contributed by atoms with van der Waals surface area (Å²) in [5.74, 6) is 0.773. The molecule has 22 heavy (non-hydrogen) atoms. The fraction of sp³-hybridized carbons (Fsp3) is 0.333. The zero-order valence-electron chi connectivity index (χ0n) is 13.0. The minimum absolute atomic E-state index is 0. The Morgan fingerprint density at radius 3 is 2.27 bits per heavy atom. The van der Waals surface area contributed by atoms with Crippen LogP contribution in [0.25, 0.3) is 0 Å². The van der Waals surface area contributed by atoms with Crippen LogP contribution in [0.15, 0.2) is 54.6 Å². The van der Waals surface area contributed by atoms with Crippen molar-refractivity contribution in [2.45, 2.75) is 26.5 Å². The molecule has 120 valence electrons. The third-order valence-electron chi connectivity index (χ3n) is 3.74. The van der Waals surface area contributed by atoms with Gasteiger partial charge in [0.15, 0.2) is 0 Å². The maximum atomic E-state index is 9.50. The van der Waals surface area contributed by atoms with Gasteiger partial charge in [-0.25, -0.2) is 0 Å². The van der Waals surface area contributed by atoms with Crippen LogP contribution in [0.4, 0.5) is 0 Å². The Kier molecular flexibility index (Phi) is 6.88. The van der Waals surface area contributed by atoms with Crippen LogP contribution in [-0.4, -0.2) is 11.7 Å². The molecule has 2 aromatic carbocycles. The Balaban J connectivity index is 0.00000242. The van der Waals surface area contributed by atoms with Crippen molar-refractivity contribution in [3.05, 3.63) is 65.7 Å². The standard InChI is InChI=1S/C18H23NO2.ClH/c1-18(2,13-20)17(19)15-10-6-7-11-16(15)21-12-14-8-4-3-5-9-14;/h3-11,17,20H,12-13,19H2,1-2H3;1H/t17-;/m0./s1. The van der Waals surface area contributed by atoms with Crippen molar-refractivity contribution in [2.24, 2.45) is 11.1 Å². The first-order valence-electron chi connectivity index (χ1n) is 7.16. The Hall–Kier alpha value is -1.55. The topological polar surface area (TPSA) is 55.5 Å². The molecule has 0 heterocycles. The summed E-state index contributed by atoms with van der Waals surface area (Å²) in [6, 6.07) is 17.5. The fourth-order valence-corrected chi connectivity index (χ4v) is 2.12. The smallest absolute Gasteiger partial charge is 0.124 e. The summed E-state index contributed by atoms with van der Waals surface area (Å²) in [6.07, 6.45) is 0. The maximum Gasteiger partial charge on any atom is 0.124 e. The van der Waals surface area contributed by atoms with Gasteiger partial charge in [-0.2, -0.15) is 0 Å². The lowest BCUT2D eigenvalue weighted by Gasteiger charge is -2.30. The van der Waals surface area contributed by atoms with Gasteiger partial charge in [-0.1, -0.05) is 62.4 Å². The molecule has 0 unspecified atom stereocenters. The summed E-state index contributed by atoms with van der Waals surface area (Å²) in [4.78, 5) is 0. The molecule has 0 saturated carbocycles. The van der Waals surface area contributed by atoms with E-state index < -0.39 is 5.41 Å². The van der Waals surface area contributed by atoms with E-state index in [0.717, 1.165) is 16.9 Å². The number of benzene rings is 2. The second kappa shape index (κ2) is 8.18. The first-order chi connectivity index (χ1) is 10.0. The predicted molar refractivity (Wildman–Crippen MR) is 92.3 cm³/mol. The molecule has 2 rings (SSSR count). The summed E-state index contributed by atoms with van der Waals surface area (Å²) in [5.41, 5.74) is 7.95. The molecule has 2 aromatic rings. The van der Waals surface area contributed by atoms with Crippen molar-refractivity contribution < 1.29 is 9.84 Å². The van der Waals surface area contributed by atoms with E-state index in [1.165, 1.54) is 0 Å². The highest BCUT2D eigenvalue weighted by Gasteiger charge is 2.29. The van der Waals surface area contributed by atoms with Gasteiger partial charge in [-0.05, 0) is 11.6 Å². The second-order valence-corrected chi connectivity index (χ2v) is 5.94. The van der Waals surface area contributed by atoms with E-state index in [1.54, 1.807) is 0 Å². The molecule has 3 N–H and O–H groups in total. The lowest BCUT2D eigenvalue weighted by molar-refractivity contribution is 0.130. The number of hydrogen-bond acceptors (Lipinski definition) is 3. The van der Waals surface area contributed by atoms with Gasteiger partial charge in [-0.3, -0.25) is 0 Å². The summed E-state index contributed by atoms with van der Waals surface area (Å²) >= 11 is 0. The minimum Gasteiger partial charge on any atom is -0.489 e. The molecule has 0 saturated heterocycles. The number of aliphatic hydroxyl groups excluding tert-OH is 1. The number of nitrogens with two attached hydrogens (primary N) is 1. The van der Waals surface area contributed by atoms with Crippen LogP contribution in [0.1, 0.15) is 31.0 Å². The highest BCUT2D eigenvalue weighted by molar-refractivity contribution is 5.85. The van der Waals surface area contributed by atoms with Crippen LogP contribution >= 0.6 is 12.4 Å². The van der Waals surface area contributed by atoms with Crippen LogP contribution in [0.5, 0.6) is 5.75 Å². The molecule has 0 bridgehead atoms. The summed E-state index contributed by atoms with van der Waals surface area (Å²) in [5, 5.41) is 9.50. The van der Waals surface area contributed by atoms with Crippen molar-refractivity contribution in [3.63, 3.8) is 0 Å². The van der Waals surface area contributed by atoms with E-state index in [4.69, 9.17) is 10.5 Å². The van der Waals surface area contributed by atoms with Gasteiger partial charge in [0.05, 0.1) is 0 Å². The van der Waals surface area contributed by atoms with Crippen molar-refractivity contribution in [1.29, 1.82) is 0 Å². The molecule has 0 aliphatic heterocycles. The first kappa shape index (κ1) is 18.5. The minimum atomic E-state index is -0.397. The van der Waals surface area contributed by atoms with E-state index in [2.05, 4.69) is 0 Å². The third kappa shape index (κ3) is 4.47. The largest absolute Gasteiger partial charge is 0.489 e. The molecule has 4 heteroatoms. The highest BCUT2D eigenvalue weighted by Crippen LogP contribution is 2.35. The van der Waals surface area contributed by atoms with Crippen LogP contribution in [0, 0.1) is 5.41 Å². The first-order valence-corrected chi connectivity index (χ1v) is 7.16. The number of rotatable bonds is 6. The SMILES string of the molecule is CC(C)(CO)[C@@H](N)c1ccccc1OCc1ccccc1.Cl. The predicted octanol–water partition coefficient (Wildman–Crippen LogP) is 3.71. The molecule has 0 radical (unpaired) electrons. The van der Waals surface area contributed by atoms with Gasteiger partial charge < -0.3 is 15.6 Å². The molecule has 0 amide bonds. The quantitative estimate of drug-likeness (QED) is 0.853. The molecule has 1 atom stereocenters. The van der Waals surface area contributed by atoms with E-state index in [-0.39, 0.29) is 25.1 Å². The molecule has 3 nitrogen and oxygen atoms in total. The fourth-order valence-electron chi connectivity index (χ4n) is 2.12. The summed E-state index contributed by atoms with van der Waals surface area (Å²) in [6.45, 7) is 4.43. The monoisotopic (exact) mass is 321 g/mol. The molecular formula is C18H24ClNO2. The lowest BCUT2D eigenvalue weighted by Crippen LogP contribution is -2.32. The molecule has 0 fully saturated rings. The Morgan fingerprint density at radius 2 is 1.64 bits per heavy atom. The van der Waals surface area contributed by atoms with Gasteiger partial charge in [0.2, 0.25) is 0 Å². The molecule has 0 spiro atoms. The van der Waals surface area contributed by atoms with E-state index in [0.29, 0.717) is 6.61 Å². The zero-order valence-corrected chi connectivity index (χ0v) is 13.8. The van der Waals surface area contributed by atoms with Gasteiger partial charge in [0.25, 0.3) is 0 Å². The van der Waals surface area contributed by atoms with E-state index in [1.807, 2.05) is 68.4 Å². The van der Waals surface area contributed by atoms with E-state index in [9.17, 15) is 5.11 Å². The number of aliphatic hydroxyl groups is 1. The number of hydrogen-bond donors (Lipinski definition) is 2. The van der Waals surface area contributed by atoms with Crippen LogP contribution in [0.2, 0.25) is 0 Å². The summed E-state index contributed by atoms with van der Waals surface area (Å²) < 4.78 is 5.92. The summed E-state index contributed by atoms with van der Waals surface area (Å²) in [7, 11) is 0. The molecule has 0 aliphatic carbocycles. The average molecular weight is 322 g/mol. The van der Waals surface area contributed by atoms with Gasteiger partial charge in [-0.15, -0.1) is 12.4 Å². The van der Waals surface area contributed by atoms with Crippen LogP contribution in [-0.2, 0) is 6.61 Å². The maximum absolute atomic E-state index is 9.50. The molecular weight excluding hydrogens is 298 g/mol. The van der Waals surface area contributed by atoms with Gasteiger partial charge in [0, 0.05) is 23.6 Å². The molecule has 0 aliphatic rings. The van der Waals surface area contributed by atoms with Crippen molar-refractivity contribution >= 4 is 12.4 Å². The van der Waals surface area contributed by atoms with Gasteiger partial charge >= 0.3 is 0 Å². The van der Waals surface area contributed by atoms with Crippen molar-refractivity contribution in [3.8, 4) is 5.75 Å². The van der Waals surface area contributed by atoms with Crippen LogP contribution < -0.4 is 10.5 Å². The Labute approximate surface area is 138 Å². The van der Waals surface area contributed by atoms with Crippen LogP contribution in [0.3, 0.4) is 0 Å². The average Bonchev–Trinajstić information content (AvgIpc) is 2.53. The third-order valence-corrected chi connectivity index (χ3v) is 3.74. The Morgan fingerprint density at radius 1 is 1.05 bits per heavy atom. The lowest BCUT2D eigenvalue weighted by atomic mass is 9.81. The second-order valence-electron chi connectivity index (χ2n) is 5.94. The zero-order chi connectivity index (χ0) is 15.3. The normalized spacial score (nSPS) is 12.4. The Bertz CT molecular complexity index is 572. The van der Waals surface area contributed by atoms with Crippen molar-refractivity contribution in [2.75, 3.05) is 6.61 Å². The molecule has 0 aromatic heterocycles. The number of ether oxygens (including phenoxy) is 1. The number of para-hydroxylation sites is 1. The highest BCUT2D eigenvalue weighted by atomic mass is 35.5. The number of halogens is 1. The van der Waals surface area contributed by atoms with Gasteiger partial charge in [0.1, 0.15) is 12.4 Å². The van der Waals surface area contributed by atoms with E-state index >= 15 is 0 Å².